The standard InChI is InChI=1S/C24H21ClN2O3/c1-3-29-20-11-5-16-6-12-23(30-4-2)22(21(16)14-20)13-17(15-26)24(28)27-19-9-7-18(25)8-10-19/h5-14H,3-4H2,1-2H3,(H,27,28)/b17-13+. The number of rotatable bonds is 7. The molecule has 0 heterocycles. The average molecular weight is 421 g/mol. The number of fused-ring (bicyclic) bond motifs is 1. The molecule has 0 saturated heterocycles. The number of amides is 1. The number of hydrogen-bond donors (Lipinski definition) is 1. The third-order valence-electron chi connectivity index (χ3n) is 4.36. The van der Waals surface area contributed by atoms with Gasteiger partial charge in [-0.2, -0.15) is 5.26 Å². The number of hydrogen-bond acceptors (Lipinski definition) is 4. The van der Waals surface area contributed by atoms with Gasteiger partial charge in [0.2, 0.25) is 0 Å². The van der Waals surface area contributed by atoms with Gasteiger partial charge in [-0.3, -0.25) is 4.79 Å². The van der Waals surface area contributed by atoms with E-state index in [0.717, 1.165) is 10.8 Å². The van der Waals surface area contributed by atoms with Crippen LogP contribution in [0.15, 0.2) is 60.2 Å². The minimum Gasteiger partial charge on any atom is -0.494 e. The summed E-state index contributed by atoms with van der Waals surface area (Å²) in [7, 11) is 0. The van der Waals surface area contributed by atoms with Crippen molar-refractivity contribution in [2.75, 3.05) is 18.5 Å². The van der Waals surface area contributed by atoms with E-state index in [2.05, 4.69) is 5.32 Å². The molecular weight excluding hydrogens is 400 g/mol. The monoisotopic (exact) mass is 420 g/mol. The lowest BCUT2D eigenvalue weighted by Gasteiger charge is -2.13. The molecule has 0 aliphatic rings. The van der Waals surface area contributed by atoms with E-state index in [4.69, 9.17) is 21.1 Å². The summed E-state index contributed by atoms with van der Waals surface area (Å²) in [5.41, 5.74) is 1.16. The molecule has 0 radical (unpaired) electrons. The smallest absolute Gasteiger partial charge is 0.266 e. The molecule has 0 spiro atoms. The summed E-state index contributed by atoms with van der Waals surface area (Å²) in [5, 5.41) is 14.7. The van der Waals surface area contributed by atoms with Gasteiger partial charge in [0, 0.05) is 16.3 Å². The normalized spacial score (nSPS) is 11.1. The molecule has 3 aromatic rings. The van der Waals surface area contributed by atoms with Crippen molar-refractivity contribution >= 4 is 40.0 Å². The molecule has 3 aromatic carbocycles. The van der Waals surface area contributed by atoms with Crippen molar-refractivity contribution in [3.63, 3.8) is 0 Å². The third-order valence-corrected chi connectivity index (χ3v) is 4.61. The highest BCUT2D eigenvalue weighted by Crippen LogP contribution is 2.33. The molecule has 5 nitrogen and oxygen atoms in total. The van der Waals surface area contributed by atoms with E-state index in [1.165, 1.54) is 0 Å². The highest BCUT2D eigenvalue weighted by molar-refractivity contribution is 6.30. The Morgan fingerprint density at radius 3 is 2.43 bits per heavy atom. The SMILES string of the molecule is CCOc1ccc2ccc(OCC)c(/C=C(\C#N)C(=O)Nc3ccc(Cl)cc3)c2c1. The number of anilines is 1. The molecule has 30 heavy (non-hydrogen) atoms. The molecule has 6 heteroatoms. The maximum absolute atomic E-state index is 12.7. The number of nitrogens with one attached hydrogen (secondary N) is 1. The first-order valence-electron chi connectivity index (χ1n) is 9.56. The quantitative estimate of drug-likeness (QED) is 0.385. The third kappa shape index (κ3) is 4.91. The van der Waals surface area contributed by atoms with E-state index >= 15 is 0 Å². The molecule has 1 amide bonds. The summed E-state index contributed by atoms with van der Waals surface area (Å²) in [6.45, 7) is 4.79. The first-order chi connectivity index (χ1) is 14.5. The fourth-order valence-corrected chi connectivity index (χ4v) is 3.14. The predicted molar refractivity (Wildman–Crippen MR) is 120 cm³/mol. The maximum atomic E-state index is 12.7. The van der Waals surface area contributed by atoms with Gasteiger partial charge < -0.3 is 14.8 Å². The van der Waals surface area contributed by atoms with Gasteiger partial charge in [-0.1, -0.05) is 23.7 Å². The molecule has 0 unspecified atom stereocenters. The molecule has 0 aliphatic carbocycles. The van der Waals surface area contributed by atoms with Gasteiger partial charge in [0.1, 0.15) is 23.1 Å². The van der Waals surface area contributed by atoms with E-state index in [9.17, 15) is 10.1 Å². The molecule has 3 rings (SSSR count). The number of benzene rings is 3. The fraction of sp³-hybridized carbons (Fsp3) is 0.167. The Bertz CT molecular complexity index is 1130. The predicted octanol–water partition coefficient (Wildman–Crippen LogP) is 5.84. The number of halogens is 1. The molecule has 0 aromatic heterocycles. The van der Waals surface area contributed by atoms with Gasteiger partial charge in [-0.15, -0.1) is 0 Å². The van der Waals surface area contributed by atoms with Crippen LogP contribution in [0.4, 0.5) is 5.69 Å². The number of ether oxygens (including phenoxy) is 2. The van der Waals surface area contributed by atoms with Gasteiger partial charge in [0.25, 0.3) is 5.91 Å². The van der Waals surface area contributed by atoms with Gasteiger partial charge in [0.15, 0.2) is 0 Å². The molecule has 0 saturated carbocycles. The minimum atomic E-state index is -0.514. The summed E-state index contributed by atoms with van der Waals surface area (Å²) < 4.78 is 11.4. The topological polar surface area (TPSA) is 71.3 Å². The van der Waals surface area contributed by atoms with E-state index in [0.29, 0.717) is 41.0 Å². The van der Waals surface area contributed by atoms with Crippen molar-refractivity contribution in [2.24, 2.45) is 0 Å². The van der Waals surface area contributed by atoms with Crippen LogP contribution in [0.25, 0.3) is 16.8 Å². The number of nitriles is 1. The van der Waals surface area contributed by atoms with Crippen LogP contribution in [-0.4, -0.2) is 19.1 Å². The second-order valence-corrected chi connectivity index (χ2v) is 6.79. The van der Waals surface area contributed by atoms with E-state index in [-0.39, 0.29) is 5.57 Å². The van der Waals surface area contributed by atoms with Gasteiger partial charge >= 0.3 is 0 Å². The van der Waals surface area contributed by atoms with Crippen LogP contribution in [0, 0.1) is 11.3 Å². The van der Waals surface area contributed by atoms with E-state index < -0.39 is 5.91 Å². The summed E-state index contributed by atoms with van der Waals surface area (Å²) in [6, 6.07) is 18.2. The molecule has 0 bridgehead atoms. The Hall–Kier alpha value is -3.49. The van der Waals surface area contributed by atoms with Crippen LogP contribution < -0.4 is 14.8 Å². The Balaban J connectivity index is 2.06. The van der Waals surface area contributed by atoms with Crippen molar-refractivity contribution in [1.29, 1.82) is 5.26 Å². The molecule has 1 N–H and O–H groups in total. The zero-order valence-corrected chi connectivity index (χ0v) is 17.5. The molecule has 0 atom stereocenters. The number of carbonyl (C=O) groups is 1. The van der Waals surface area contributed by atoms with Gasteiger partial charge in [-0.05, 0) is 73.2 Å². The maximum Gasteiger partial charge on any atom is 0.266 e. The Morgan fingerprint density at radius 1 is 1.07 bits per heavy atom. The Morgan fingerprint density at radius 2 is 1.77 bits per heavy atom. The van der Waals surface area contributed by atoms with Crippen LogP contribution in [0.5, 0.6) is 11.5 Å². The van der Waals surface area contributed by atoms with E-state index in [1.807, 2.05) is 50.2 Å². The van der Waals surface area contributed by atoms with Gasteiger partial charge in [-0.25, -0.2) is 0 Å². The van der Waals surface area contributed by atoms with Crippen LogP contribution >= 0.6 is 11.6 Å². The van der Waals surface area contributed by atoms with E-state index in [1.54, 1.807) is 30.3 Å². The summed E-state index contributed by atoms with van der Waals surface area (Å²) >= 11 is 5.88. The van der Waals surface area contributed by atoms with Gasteiger partial charge in [0.05, 0.1) is 13.2 Å². The first-order valence-corrected chi connectivity index (χ1v) is 9.94. The summed E-state index contributed by atoms with van der Waals surface area (Å²) in [5.74, 6) is 0.781. The second kappa shape index (κ2) is 9.82. The molecule has 152 valence electrons. The largest absolute Gasteiger partial charge is 0.494 e. The Labute approximate surface area is 180 Å². The minimum absolute atomic E-state index is 0.0415. The van der Waals surface area contributed by atoms with Crippen molar-refractivity contribution < 1.29 is 14.3 Å². The number of carbonyl (C=O) groups excluding carboxylic acids is 1. The zero-order valence-electron chi connectivity index (χ0n) is 16.7. The van der Waals surface area contributed by atoms with Crippen LogP contribution in [0.1, 0.15) is 19.4 Å². The molecule has 0 fully saturated rings. The summed E-state index contributed by atoms with van der Waals surface area (Å²) in [4.78, 5) is 12.7. The fourth-order valence-electron chi connectivity index (χ4n) is 3.01. The van der Waals surface area contributed by atoms with Crippen molar-refractivity contribution in [3.05, 3.63) is 70.8 Å². The highest BCUT2D eigenvalue weighted by atomic mass is 35.5. The number of nitrogens with zero attached hydrogens (tertiary/aromatic N) is 1. The van der Waals surface area contributed by atoms with Crippen molar-refractivity contribution in [1.82, 2.24) is 0 Å². The van der Waals surface area contributed by atoms with Crippen LogP contribution in [-0.2, 0) is 4.79 Å². The van der Waals surface area contributed by atoms with Crippen molar-refractivity contribution in [3.8, 4) is 17.6 Å². The average Bonchev–Trinajstić information content (AvgIpc) is 2.75. The second-order valence-electron chi connectivity index (χ2n) is 6.36. The van der Waals surface area contributed by atoms with Crippen LogP contribution in [0.2, 0.25) is 5.02 Å². The van der Waals surface area contributed by atoms with Crippen molar-refractivity contribution in [2.45, 2.75) is 13.8 Å². The lowest BCUT2D eigenvalue weighted by Crippen LogP contribution is -2.13. The zero-order chi connectivity index (χ0) is 21.5. The Kier molecular flexibility index (Phi) is 6.95. The highest BCUT2D eigenvalue weighted by Gasteiger charge is 2.14. The molecular formula is C24H21ClN2O3. The van der Waals surface area contributed by atoms with Crippen LogP contribution in [0.3, 0.4) is 0 Å². The summed E-state index contributed by atoms with van der Waals surface area (Å²) in [6.07, 6.45) is 1.55. The lowest BCUT2D eigenvalue weighted by atomic mass is 10.0. The molecule has 0 aliphatic heterocycles. The lowest BCUT2D eigenvalue weighted by molar-refractivity contribution is -0.112. The first kappa shape index (κ1) is 21.2.